The van der Waals surface area contributed by atoms with E-state index in [2.05, 4.69) is 0 Å². The van der Waals surface area contributed by atoms with E-state index in [-0.39, 0.29) is 24.3 Å². The molecule has 222 valence electrons. The summed E-state index contributed by atoms with van der Waals surface area (Å²) in [5, 5.41) is 12.2. The third-order valence-electron chi connectivity index (χ3n) is 8.47. The molecule has 0 aliphatic carbocycles. The monoisotopic (exact) mass is 591 g/mol. The van der Waals surface area contributed by atoms with Gasteiger partial charge in [-0.1, -0.05) is 35.9 Å². The van der Waals surface area contributed by atoms with Crippen LogP contribution in [0.15, 0.2) is 60.7 Å². The number of benzene rings is 3. The fraction of sp³-hybridized carbons (Fsp3) is 0.394. The van der Waals surface area contributed by atoms with Crippen LogP contribution in [0.3, 0.4) is 0 Å². The molecule has 3 amide bonds. The highest BCUT2D eigenvalue weighted by Gasteiger charge is 2.39. The van der Waals surface area contributed by atoms with Gasteiger partial charge in [0.25, 0.3) is 0 Å². The minimum atomic E-state index is -1.10. The molecule has 2 unspecified atom stereocenters. The number of halogens is 1. The lowest BCUT2D eigenvalue weighted by atomic mass is 9.77. The summed E-state index contributed by atoms with van der Waals surface area (Å²) in [7, 11) is 1.60. The largest absolute Gasteiger partial charge is 0.493 e. The maximum absolute atomic E-state index is 13.8. The normalized spacial score (nSPS) is 18.9. The lowest BCUT2D eigenvalue weighted by Crippen LogP contribution is -2.46. The van der Waals surface area contributed by atoms with Gasteiger partial charge >= 0.3 is 6.03 Å². The van der Waals surface area contributed by atoms with E-state index in [9.17, 15) is 14.7 Å². The Morgan fingerprint density at radius 1 is 1.05 bits per heavy atom. The molecule has 3 aromatic rings. The number of carbonyl (C=O) groups excluding carboxylic acids is 2. The van der Waals surface area contributed by atoms with E-state index in [1.807, 2.05) is 81.4 Å². The molecule has 42 heavy (non-hydrogen) atoms. The predicted molar refractivity (Wildman–Crippen MR) is 163 cm³/mol. The van der Waals surface area contributed by atoms with Crippen molar-refractivity contribution in [3.05, 3.63) is 87.9 Å². The number of nitrogens with two attached hydrogens (primary N) is 1. The first kappa shape index (κ1) is 29.7. The van der Waals surface area contributed by atoms with E-state index < -0.39 is 17.7 Å². The van der Waals surface area contributed by atoms with Crippen molar-refractivity contribution in [2.75, 3.05) is 25.1 Å². The number of nitrogens with zero attached hydrogens (tertiary/aromatic N) is 2. The van der Waals surface area contributed by atoms with Gasteiger partial charge in [0.15, 0.2) is 11.5 Å². The first-order chi connectivity index (χ1) is 20.0. The van der Waals surface area contributed by atoms with Crippen molar-refractivity contribution in [2.45, 2.75) is 57.8 Å². The zero-order valence-electron chi connectivity index (χ0n) is 24.5. The van der Waals surface area contributed by atoms with Gasteiger partial charge in [-0.05, 0) is 98.2 Å². The molecule has 5 rings (SSSR count). The molecule has 2 aliphatic heterocycles. The van der Waals surface area contributed by atoms with Crippen LogP contribution in [0.5, 0.6) is 11.5 Å². The number of likely N-dealkylation sites (tertiary alicyclic amines) is 1. The zero-order valence-corrected chi connectivity index (χ0v) is 25.2. The number of piperidine rings is 1. The third kappa shape index (κ3) is 5.78. The molecule has 8 nitrogen and oxygen atoms in total. The number of fused-ring (bicyclic) bond motifs is 1. The molecule has 0 aromatic heterocycles. The van der Waals surface area contributed by atoms with E-state index in [0.29, 0.717) is 42.5 Å². The van der Waals surface area contributed by atoms with Gasteiger partial charge in [0.05, 0.1) is 31.3 Å². The molecule has 0 spiro atoms. The van der Waals surface area contributed by atoms with E-state index in [4.69, 9.17) is 26.8 Å². The maximum Gasteiger partial charge on any atom is 0.314 e. The quantitative estimate of drug-likeness (QED) is 0.361. The molecule has 9 heteroatoms. The number of amides is 3. The molecule has 0 saturated carbocycles. The van der Waals surface area contributed by atoms with Crippen LogP contribution in [0.4, 0.5) is 10.5 Å². The minimum Gasteiger partial charge on any atom is -0.493 e. The SMILES string of the molecule is COc1cc2c(cc1OC(C)C)C(c1ccc(Cl)cc1)N(c1ccc(C(C)(O)C3CCN(C(N)=O)CC3)cc1)C(=O)C2. The van der Waals surface area contributed by atoms with Crippen LogP contribution in [0.2, 0.25) is 5.02 Å². The van der Waals surface area contributed by atoms with Crippen LogP contribution < -0.4 is 20.1 Å². The summed E-state index contributed by atoms with van der Waals surface area (Å²) in [4.78, 5) is 28.8. The summed E-state index contributed by atoms with van der Waals surface area (Å²) in [5.74, 6) is 1.12. The van der Waals surface area contributed by atoms with Crippen LogP contribution in [0.25, 0.3) is 0 Å². The molecule has 3 aromatic carbocycles. The van der Waals surface area contributed by atoms with Crippen LogP contribution in [-0.2, 0) is 16.8 Å². The number of carbonyl (C=O) groups is 2. The number of rotatable bonds is 7. The number of methoxy groups -OCH3 is 1. The topological polar surface area (TPSA) is 105 Å². The maximum atomic E-state index is 13.8. The summed E-state index contributed by atoms with van der Waals surface area (Å²) >= 11 is 6.24. The highest BCUT2D eigenvalue weighted by atomic mass is 35.5. The number of urea groups is 1. The minimum absolute atomic E-state index is 0.0291. The molecule has 3 N–H and O–H groups in total. The van der Waals surface area contributed by atoms with Gasteiger partial charge in [-0.3, -0.25) is 4.79 Å². The highest BCUT2D eigenvalue weighted by molar-refractivity contribution is 6.30. The molecular formula is C33H38ClN3O5. The van der Waals surface area contributed by atoms with E-state index in [1.165, 1.54) is 0 Å². The predicted octanol–water partition coefficient (Wildman–Crippen LogP) is 5.81. The molecular weight excluding hydrogens is 554 g/mol. The summed E-state index contributed by atoms with van der Waals surface area (Å²) in [6, 6.07) is 18.1. The van der Waals surface area contributed by atoms with Crippen LogP contribution in [0.1, 0.15) is 61.9 Å². The van der Waals surface area contributed by atoms with Crippen LogP contribution in [-0.4, -0.2) is 48.2 Å². The lowest BCUT2D eigenvalue weighted by Gasteiger charge is -2.40. The van der Waals surface area contributed by atoms with Gasteiger partial charge in [0, 0.05) is 23.8 Å². The first-order valence-corrected chi connectivity index (χ1v) is 14.7. The van der Waals surface area contributed by atoms with Gasteiger partial charge < -0.3 is 30.1 Å². The van der Waals surface area contributed by atoms with E-state index >= 15 is 0 Å². The van der Waals surface area contributed by atoms with Gasteiger partial charge in [-0.25, -0.2) is 4.79 Å². The summed E-state index contributed by atoms with van der Waals surface area (Å²) in [5.41, 5.74) is 8.55. The van der Waals surface area contributed by atoms with E-state index in [1.54, 1.807) is 16.9 Å². The Morgan fingerprint density at radius 2 is 1.69 bits per heavy atom. The first-order valence-electron chi connectivity index (χ1n) is 14.3. The lowest BCUT2D eigenvalue weighted by molar-refractivity contribution is -0.118. The number of ether oxygens (including phenoxy) is 2. The second-order valence-electron chi connectivity index (χ2n) is 11.6. The molecule has 0 radical (unpaired) electrons. The van der Waals surface area contributed by atoms with E-state index in [0.717, 1.165) is 27.9 Å². The Hall–Kier alpha value is -3.75. The van der Waals surface area contributed by atoms with Crippen molar-refractivity contribution in [1.29, 1.82) is 0 Å². The second kappa shape index (κ2) is 11.9. The number of aliphatic hydroxyl groups is 1. The van der Waals surface area contributed by atoms with Crippen molar-refractivity contribution in [3.8, 4) is 11.5 Å². The molecule has 2 heterocycles. The van der Waals surface area contributed by atoms with Gasteiger partial charge in [-0.15, -0.1) is 0 Å². The number of primary amides is 1. The Morgan fingerprint density at radius 3 is 2.26 bits per heavy atom. The van der Waals surface area contributed by atoms with Crippen molar-refractivity contribution >= 4 is 29.2 Å². The van der Waals surface area contributed by atoms with Gasteiger partial charge in [-0.2, -0.15) is 0 Å². The molecule has 1 saturated heterocycles. The Bertz CT molecular complexity index is 1450. The molecule has 2 aliphatic rings. The van der Waals surface area contributed by atoms with Crippen molar-refractivity contribution in [2.24, 2.45) is 11.7 Å². The summed E-state index contributed by atoms with van der Waals surface area (Å²) in [6.45, 7) is 6.78. The van der Waals surface area contributed by atoms with Gasteiger partial charge in [0.2, 0.25) is 5.91 Å². The number of anilines is 1. The Labute approximate surface area is 252 Å². The number of hydrogen-bond acceptors (Lipinski definition) is 5. The number of hydrogen-bond donors (Lipinski definition) is 2. The van der Waals surface area contributed by atoms with Crippen molar-refractivity contribution in [1.82, 2.24) is 4.90 Å². The van der Waals surface area contributed by atoms with Crippen LogP contribution in [0, 0.1) is 5.92 Å². The van der Waals surface area contributed by atoms with Crippen molar-refractivity contribution < 1.29 is 24.2 Å². The smallest absolute Gasteiger partial charge is 0.314 e. The Kier molecular flexibility index (Phi) is 8.39. The fourth-order valence-corrected chi connectivity index (χ4v) is 6.31. The third-order valence-corrected chi connectivity index (χ3v) is 8.72. The summed E-state index contributed by atoms with van der Waals surface area (Å²) in [6.07, 6.45) is 1.45. The fourth-order valence-electron chi connectivity index (χ4n) is 6.19. The molecule has 1 fully saturated rings. The average Bonchev–Trinajstić information content (AvgIpc) is 2.96. The average molecular weight is 592 g/mol. The van der Waals surface area contributed by atoms with Crippen molar-refractivity contribution in [3.63, 3.8) is 0 Å². The summed E-state index contributed by atoms with van der Waals surface area (Å²) < 4.78 is 11.7. The second-order valence-corrected chi connectivity index (χ2v) is 12.0. The standard InChI is InChI=1S/C33H38ClN3O5/c1-20(2)42-29-19-27-22(17-28(29)41-4)18-30(38)37(31(27)21-5-9-25(34)10-6-21)26-11-7-23(8-12-26)33(3,40)24-13-15-36(16-14-24)32(35)39/h5-12,17,19-20,24,31,40H,13-16,18H2,1-4H3,(H2,35,39). The zero-order chi connectivity index (χ0) is 30.2. The van der Waals surface area contributed by atoms with Gasteiger partial charge in [0.1, 0.15) is 0 Å². The van der Waals surface area contributed by atoms with Crippen LogP contribution >= 0.6 is 11.6 Å². The highest BCUT2D eigenvalue weighted by Crippen LogP contribution is 2.44. The molecule has 0 bridgehead atoms. The molecule has 2 atom stereocenters. The Balaban J connectivity index is 1.52.